The fraction of sp³-hybridized carbons (Fsp3) is 0.357. The third kappa shape index (κ3) is 5.52. The van der Waals surface area contributed by atoms with E-state index in [9.17, 15) is 14.4 Å². The smallest absolute Gasteiger partial charge is 0.251 e. The number of nitrogens with zero attached hydrogens (tertiary/aromatic N) is 1. The molecule has 1 aromatic carbocycles. The molecule has 3 amide bonds. The van der Waals surface area contributed by atoms with Gasteiger partial charge in [-0.1, -0.05) is 0 Å². The first kappa shape index (κ1) is 16.5. The van der Waals surface area contributed by atoms with E-state index < -0.39 is 5.91 Å². The average Bonchev–Trinajstić information content (AvgIpc) is 2.49. The minimum absolute atomic E-state index is 0.0824. The van der Waals surface area contributed by atoms with Crippen LogP contribution in [0.1, 0.15) is 17.3 Å². The Morgan fingerprint density at radius 2 is 1.71 bits per heavy atom. The number of rotatable bonds is 6. The maximum atomic E-state index is 11.7. The normalized spacial score (nSPS) is 9.81. The summed E-state index contributed by atoms with van der Waals surface area (Å²) in [6.45, 7) is 2.14. The van der Waals surface area contributed by atoms with Crippen LogP contribution in [0.15, 0.2) is 24.3 Å². The molecule has 4 N–H and O–H groups in total. The second kappa shape index (κ2) is 7.88. The monoisotopic (exact) mass is 292 g/mol. The summed E-state index contributed by atoms with van der Waals surface area (Å²) in [5.41, 5.74) is 6.49. The number of nitrogens with two attached hydrogens (primary N) is 1. The Labute approximate surface area is 123 Å². The number of nitrogens with one attached hydrogen (secondary N) is 2. The van der Waals surface area contributed by atoms with E-state index in [1.807, 2.05) is 6.92 Å². The van der Waals surface area contributed by atoms with E-state index >= 15 is 0 Å². The minimum atomic E-state index is -0.420. The molecule has 114 valence electrons. The molecule has 7 heteroatoms. The molecular formula is C14H20N4O3. The molecule has 7 nitrogen and oxygen atoms in total. The molecule has 0 aliphatic heterocycles. The van der Waals surface area contributed by atoms with Gasteiger partial charge in [0, 0.05) is 24.8 Å². The van der Waals surface area contributed by atoms with E-state index in [1.54, 1.807) is 31.3 Å². The summed E-state index contributed by atoms with van der Waals surface area (Å²) >= 11 is 0. The molecule has 0 radical (unpaired) electrons. The quantitative estimate of drug-likeness (QED) is 0.620. The van der Waals surface area contributed by atoms with Crippen LogP contribution in [-0.2, 0) is 9.59 Å². The molecule has 0 bridgehead atoms. The molecule has 0 fully saturated rings. The zero-order chi connectivity index (χ0) is 15.8. The number of carbonyl (C=O) groups is 3. The lowest BCUT2D eigenvalue weighted by molar-refractivity contribution is -0.131. The lowest BCUT2D eigenvalue weighted by Gasteiger charge is -2.14. The van der Waals surface area contributed by atoms with Crippen LogP contribution in [0.2, 0.25) is 0 Å². The van der Waals surface area contributed by atoms with Crippen LogP contribution in [-0.4, -0.2) is 49.3 Å². The molecule has 0 unspecified atom stereocenters. The van der Waals surface area contributed by atoms with Gasteiger partial charge in [-0.05, 0) is 31.2 Å². The van der Waals surface area contributed by atoms with Crippen molar-refractivity contribution in [2.45, 2.75) is 6.92 Å². The van der Waals surface area contributed by atoms with Crippen molar-refractivity contribution in [2.75, 3.05) is 32.4 Å². The van der Waals surface area contributed by atoms with Crippen LogP contribution in [0.4, 0.5) is 5.69 Å². The van der Waals surface area contributed by atoms with Crippen LogP contribution >= 0.6 is 0 Å². The van der Waals surface area contributed by atoms with Crippen LogP contribution in [0.3, 0.4) is 0 Å². The van der Waals surface area contributed by atoms with Crippen molar-refractivity contribution in [3.8, 4) is 0 Å². The molecule has 0 aliphatic rings. The molecular weight excluding hydrogens is 272 g/mol. The van der Waals surface area contributed by atoms with Crippen molar-refractivity contribution in [1.29, 1.82) is 0 Å². The van der Waals surface area contributed by atoms with E-state index in [2.05, 4.69) is 10.6 Å². The number of anilines is 1. The van der Waals surface area contributed by atoms with Crippen molar-refractivity contribution in [2.24, 2.45) is 0 Å². The Balaban J connectivity index is 2.34. The van der Waals surface area contributed by atoms with Gasteiger partial charge in [0.05, 0.1) is 13.1 Å². The van der Waals surface area contributed by atoms with Crippen molar-refractivity contribution in [1.82, 2.24) is 15.5 Å². The number of amides is 3. The highest BCUT2D eigenvalue weighted by atomic mass is 16.2. The summed E-state index contributed by atoms with van der Waals surface area (Å²) in [6, 6.07) is 6.35. The number of hydrogen-bond donors (Lipinski definition) is 3. The van der Waals surface area contributed by atoms with E-state index in [0.29, 0.717) is 17.8 Å². The fourth-order valence-corrected chi connectivity index (χ4v) is 1.45. The standard InChI is InChI=1S/C14H20N4O3/c1-3-18(2)13(20)9-16-12(19)8-17-14(21)10-4-6-11(15)7-5-10/h4-7H,3,8-9,15H2,1-2H3,(H,16,19)(H,17,21). The Bertz CT molecular complexity index is 513. The van der Waals surface area contributed by atoms with Crippen molar-refractivity contribution >= 4 is 23.4 Å². The van der Waals surface area contributed by atoms with E-state index in [0.717, 1.165) is 0 Å². The van der Waals surface area contributed by atoms with E-state index in [-0.39, 0.29) is 24.9 Å². The molecule has 0 atom stereocenters. The van der Waals surface area contributed by atoms with Gasteiger partial charge in [-0.25, -0.2) is 0 Å². The number of nitrogen functional groups attached to an aromatic ring is 1. The lowest BCUT2D eigenvalue weighted by Crippen LogP contribution is -2.42. The number of benzene rings is 1. The van der Waals surface area contributed by atoms with Crippen LogP contribution in [0.25, 0.3) is 0 Å². The molecule has 21 heavy (non-hydrogen) atoms. The predicted octanol–water partition coefficient (Wildman–Crippen LogP) is -0.407. The van der Waals surface area contributed by atoms with Gasteiger partial charge < -0.3 is 21.3 Å². The van der Waals surface area contributed by atoms with E-state index in [4.69, 9.17) is 5.73 Å². The summed E-state index contributed by atoms with van der Waals surface area (Å²) in [5.74, 6) is -0.977. The average molecular weight is 292 g/mol. The molecule has 0 aromatic heterocycles. The first-order valence-electron chi connectivity index (χ1n) is 6.58. The minimum Gasteiger partial charge on any atom is -0.399 e. The number of hydrogen-bond acceptors (Lipinski definition) is 4. The second-order valence-corrected chi connectivity index (χ2v) is 4.49. The third-order valence-corrected chi connectivity index (χ3v) is 2.92. The van der Waals surface area contributed by atoms with Gasteiger partial charge in [-0.15, -0.1) is 0 Å². The summed E-state index contributed by atoms with van der Waals surface area (Å²) in [4.78, 5) is 36.3. The Hall–Kier alpha value is -2.57. The summed E-state index contributed by atoms with van der Waals surface area (Å²) < 4.78 is 0. The maximum absolute atomic E-state index is 11.7. The Kier molecular flexibility index (Phi) is 6.19. The van der Waals surface area contributed by atoms with E-state index in [1.165, 1.54) is 4.90 Å². The fourth-order valence-electron chi connectivity index (χ4n) is 1.45. The molecule has 1 aromatic rings. The molecule has 0 aliphatic carbocycles. The van der Waals surface area contributed by atoms with Crippen LogP contribution < -0.4 is 16.4 Å². The Morgan fingerprint density at radius 3 is 2.29 bits per heavy atom. The highest BCUT2D eigenvalue weighted by Crippen LogP contribution is 2.04. The van der Waals surface area contributed by atoms with Gasteiger partial charge in [0.15, 0.2) is 0 Å². The molecule has 0 saturated heterocycles. The van der Waals surface area contributed by atoms with Gasteiger partial charge in [0.25, 0.3) is 5.91 Å². The highest BCUT2D eigenvalue weighted by molar-refractivity contribution is 5.97. The molecule has 1 rings (SSSR count). The summed E-state index contributed by atoms with van der Waals surface area (Å²) in [5, 5.41) is 4.92. The molecule has 0 saturated carbocycles. The highest BCUT2D eigenvalue weighted by Gasteiger charge is 2.10. The molecule has 0 spiro atoms. The van der Waals surface area contributed by atoms with Crippen LogP contribution in [0, 0.1) is 0 Å². The van der Waals surface area contributed by atoms with Crippen molar-refractivity contribution in [3.63, 3.8) is 0 Å². The van der Waals surface area contributed by atoms with Crippen molar-refractivity contribution in [3.05, 3.63) is 29.8 Å². The van der Waals surface area contributed by atoms with Gasteiger partial charge in [0.1, 0.15) is 0 Å². The zero-order valence-corrected chi connectivity index (χ0v) is 12.2. The van der Waals surface area contributed by atoms with Crippen LogP contribution in [0.5, 0.6) is 0 Å². The maximum Gasteiger partial charge on any atom is 0.251 e. The van der Waals surface area contributed by atoms with Gasteiger partial charge in [0.2, 0.25) is 11.8 Å². The molecule has 0 heterocycles. The zero-order valence-electron chi connectivity index (χ0n) is 12.2. The lowest BCUT2D eigenvalue weighted by atomic mass is 10.2. The predicted molar refractivity (Wildman–Crippen MR) is 79.5 cm³/mol. The first-order valence-corrected chi connectivity index (χ1v) is 6.58. The first-order chi connectivity index (χ1) is 9.93. The topological polar surface area (TPSA) is 105 Å². The largest absolute Gasteiger partial charge is 0.399 e. The number of carbonyl (C=O) groups excluding carboxylic acids is 3. The van der Waals surface area contributed by atoms with Crippen molar-refractivity contribution < 1.29 is 14.4 Å². The number of likely N-dealkylation sites (N-methyl/N-ethyl adjacent to an activating group) is 1. The SMILES string of the molecule is CCN(C)C(=O)CNC(=O)CNC(=O)c1ccc(N)cc1. The van der Waals surface area contributed by atoms with Gasteiger partial charge in [-0.2, -0.15) is 0 Å². The Morgan fingerprint density at radius 1 is 1.10 bits per heavy atom. The second-order valence-electron chi connectivity index (χ2n) is 4.49. The van der Waals surface area contributed by atoms with Gasteiger partial charge in [-0.3, -0.25) is 14.4 Å². The summed E-state index contributed by atoms with van der Waals surface area (Å²) in [7, 11) is 1.65. The summed E-state index contributed by atoms with van der Waals surface area (Å²) in [6.07, 6.45) is 0. The third-order valence-electron chi connectivity index (χ3n) is 2.92. The van der Waals surface area contributed by atoms with Gasteiger partial charge >= 0.3 is 0 Å².